The van der Waals surface area contributed by atoms with E-state index in [1.807, 2.05) is 5.38 Å². The molecule has 1 aliphatic carbocycles. The third-order valence-electron chi connectivity index (χ3n) is 6.43. The molecule has 0 spiro atoms. The molecular weight excluding hydrogens is 503 g/mol. The number of nitrogens with one attached hydrogen (secondary N) is 1. The van der Waals surface area contributed by atoms with E-state index < -0.39 is 27.9 Å². The van der Waals surface area contributed by atoms with Crippen molar-refractivity contribution in [2.45, 2.75) is 13.0 Å². The van der Waals surface area contributed by atoms with E-state index in [0.717, 1.165) is 0 Å². The lowest BCUT2D eigenvalue weighted by molar-refractivity contribution is -0.139. The number of fused-ring (bicyclic) bond motifs is 1. The summed E-state index contributed by atoms with van der Waals surface area (Å²) >= 11 is 7.79. The van der Waals surface area contributed by atoms with E-state index in [2.05, 4.69) is 10.3 Å². The molecule has 1 aromatic carbocycles. The zero-order valence-electron chi connectivity index (χ0n) is 18.4. The number of halogens is 2. The van der Waals surface area contributed by atoms with Crippen LogP contribution in [0.25, 0.3) is 0 Å². The largest absolute Gasteiger partial charge is 0.463 e. The van der Waals surface area contributed by atoms with Gasteiger partial charge in [0.1, 0.15) is 11.9 Å². The van der Waals surface area contributed by atoms with Gasteiger partial charge in [0.2, 0.25) is 10.0 Å². The fourth-order valence-corrected chi connectivity index (χ4v) is 6.59. The van der Waals surface area contributed by atoms with Crippen molar-refractivity contribution in [2.24, 2.45) is 22.7 Å². The molecule has 1 unspecified atom stereocenters. The molecule has 8 nitrogen and oxygen atoms in total. The first-order valence-corrected chi connectivity index (χ1v) is 13.9. The summed E-state index contributed by atoms with van der Waals surface area (Å²) in [5.74, 6) is -0.477. The van der Waals surface area contributed by atoms with Crippen molar-refractivity contribution in [3.63, 3.8) is 0 Å². The molecule has 5 rings (SSSR count). The molecule has 12 heteroatoms. The lowest BCUT2D eigenvalue weighted by Crippen LogP contribution is -2.37. The predicted octanol–water partition coefficient (Wildman–Crippen LogP) is 2.98. The monoisotopic (exact) mass is 524 g/mol. The van der Waals surface area contributed by atoms with Crippen LogP contribution in [-0.2, 0) is 19.6 Å². The summed E-state index contributed by atoms with van der Waals surface area (Å²) in [6, 6.07) is 3.16. The number of piperidine rings is 1. The van der Waals surface area contributed by atoms with Crippen LogP contribution in [0.5, 0.6) is 0 Å². The highest BCUT2D eigenvalue weighted by atomic mass is 35.5. The van der Waals surface area contributed by atoms with Crippen LogP contribution in [0.2, 0.25) is 5.02 Å². The molecule has 0 radical (unpaired) electrons. The Morgan fingerprint density at radius 3 is 2.68 bits per heavy atom. The minimum absolute atomic E-state index is 0.0652. The smallest absolute Gasteiger partial charge is 0.338 e. The lowest BCUT2D eigenvalue weighted by atomic mass is 9.93. The molecule has 3 heterocycles. The number of hydrogen-bond acceptors (Lipinski definition) is 8. The average Bonchev–Trinajstić information content (AvgIpc) is 3.16. The summed E-state index contributed by atoms with van der Waals surface area (Å²) in [5, 5.41) is 5.91. The third kappa shape index (κ3) is 4.15. The highest BCUT2D eigenvalue weighted by molar-refractivity contribution is 7.88. The number of aliphatic imine (C=N–C) groups is 1. The van der Waals surface area contributed by atoms with Crippen molar-refractivity contribution in [3.8, 4) is 0 Å². The SMILES string of the molecule is CCOC(=O)C1=C([C@@H]2[C@@H]3CN(S(C)(=O)=O)C[C@@H]32)NC(c2nccs2)=NC1c1ccc(F)cc1Cl. The molecule has 4 atom stereocenters. The topological polar surface area (TPSA) is 101 Å². The maximum absolute atomic E-state index is 13.8. The number of ether oxygens (including phenoxy) is 1. The molecule has 1 saturated heterocycles. The van der Waals surface area contributed by atoms with Crippen LogP contribution in [0.4, 0.5) is 4.39 Å². The van der Waals surface area contributed by atoms with Gasteiger partial charge >= 0.3 is 5.97 Å². The molecule has 1 saturated carbocycles. The summed E-state index contributed by atoms with van der Waals surface area (Å²) in [7, 11) is -3.29. The Morgan fingerprint density at radius 2 is 2.09 bits per heavy atom. The Morgan fingerprint density at radius 1 is 1.35 bits per heavy atom. The van der Waals surface area contributed by atoms with Crippen LogP contribution in [0, 0.1) is 23.6 Å². The first-order chi connectivity index (χ1) is 16.2. The highest BCUT2D eigenvalue weighted by Gasteiger charge is 2.60. The summed E-state index contributed by atoms with van der Waals surface area (Å²) < 4.78 is 44.7. The molecule has 180 valence electrons. The van der Waals surface area contributed by atoms with Crippen LogP contribution < -0.4 is 5.32 Å². The second-order valence-corrected chi connectivity index (χ2v) is 11.8. The van der Waals surface area contributed by atoms with Gasteiger partial charge in [-0.15, -0.1) is 11.3 Å². The number of hydrogen-bond donors (Lipinski definition) is 1. The molecule has 0 bridgehead atoms. The standard InChI is InChI=1S/C22H22ClFN4O4S2/c1-3-32-22(29)17-18(12-5-4-11(24)8-15(12)23)26-20(21-25-6-7-33-21)27-19(17)16-13-9-28(10-14(13)16)34(2,30)31/h4-8,13-14,16,18H,3,9-10H2,1-2H3,(H,26,27)/t13-,14+,16-,18?. The molecular formula is C22H22ClFN4O4S2. The van der Waals surface area contributed by atoms with Crippen molar-refractivity contribution in [1.82, 2.24) is 14.6 Å². The van der Waals surface area contributed by atoms with Crippen molar-refractivity contribution >= 4 is 44.8 Å². The van der Waals surface area contributed by atoms with Crippen molar-refractivity contribution in [2.75, 3.05) is 26.0 Å². The second-order valence-electron chi connectivity index (χ2n) is 8.49. The number of esters is 1. The molecule has 1 aromatic heterocycles. The van der Waals surface area contributed by atoms with E-state index in [9.17, 15) is 17.6 Å². The fraction of sp³-hybridized carbons (Fsp3) is 0.409. The van der Waals surface area contributed by atoms with Gasteiger partial charge in [-0.2, -0.15) is 0 Å². The molecule has 2 aromatic rings. The van der Waals surface area contributed by atoms with Crippen molar-refractivity contribution < 1.29 is 22.3 Å². The number of sulfonamides is 1. The van der Waals surface area contributed by atoms with Gasteiger partial charge in [-0.1, -0.05) is 17.7 Å². The van der Waals surface area contributed by atoms with E-state index in [1.165, 1.54) is 40.1 Å². The van der Waals surface area contributed by atoms with Gasteiger partial charge in [0, 0.05) is 46.9 Å². The second kappa shape index (κ2) is 8.71. The third-order valence-corrected chi connectivity index (χ3v) is 8.77. The van der Waals surface area contributed by atoms with Crippen molar-refractivity contribution in [1.29, 1.82) is 0 Å². The highest BCUT2D eigenvalue weighted by Crippen LogP contribution is 2.57. The van der Waals surface area contributed by atoms with Gasteiger partial charge in [0.15, 0.2) is 10.8 Å². The lowest BCUT2D eigenvalue weighted by Gasteiger charge is -2.29. The van der Waals surface area contributed by atoms with Crippen LogP contribution >= 0.6 is 22.9 Å². The first kappa shape index (κ1) is 23.4. The summed E-state index contributed by atoms with van der Waals surface area (Å²) in [6.45, 7) is 2.67. The number of carbonyl (C=O) groups is 1. The van der Waals surface area contributed by atoms with Gasteiger partial charge in [-0.25, -0.2) is 26.9 Å². The average molecular weight is 525 g/mol. The number of benzene rings is 1. The Bertz CT molecular complexity index is 1300. The number of rotatable bonds is 6. The molecule has 34 heavy (non-hydrogen) atoms. The van der Waals surface area contributed by atoms with E-state index in [1.54, 1.807) is 13.1 Å². The van der Waals surface area contributed by atoms with Gasteiger partial charge in [-0.3, -0.25) is 4.99 Å². The summed E-state index contributed by atoms with van der Waals surface area (Å²) in [5.41, 5.74) is 1.43. The molecule has 0 amide bonds. The number of amidine groups is 1. The minimum atomic E-state index is -3.29. The maximum atomic E-state index is 13.8. The predicted molar refractivity (Wildman–Crippen MR) is 126 cm³/mol. The van der Waals surface area contributed by atoms with E-state index in [4.69, 9.17) is 21.3 Å². The van der Waals surface area contributed by atoms with E-state index in [-0.39, 0.29) is 29.4 Å². The van der Waals surface area contributed by atoms with Crippen LogP contribution in [0.1, 0.15) is 23.5 Å². The van der Waals surface area contributed by atoms with Crippen molar-refractivity contribution in [3.05, 3.63) is 62.5 Å². The maximum Gasteiger partial charge on any atom is 0.338 e. The molecule has 2 aliphatic heterocycles. The normalized spacial score (nSPS) is 26.6. The summed E-state index contributed by atoms with van der Waals surface area (Å²) in [4.78, 5) is 22.3. The number of nitrogens with zero attached hydrogens (tertiary/aromatic N) is 3. The zero-order chi connectivity index (χ0) is 24.2. The number of thiazole rings is 1. The first-order valence-electron chi connectivity index (χ1n) is 10.7. The quantitative estimate of drug-likeness (QED) is 0.583. The Balaban J connectivity index is 1.60. The van der Waals surface area contributed by atoms with Gasteiger partial charge < -0.3 is 10.1 Å². The number of allylic oxidation sites excluding steroid dienone is 1. The minimum Gasteiger partial charge on any atom is -0.463 e. The van der Waals surface area contributed by atoms with E-state index >= 15 is 0 Å². The molecule has 2 fully saturated rings. The fourth-order valence-electron chi connectivity index (χ4n) is 4.85. The van der Waals surface area contributed by atoms with Gasteiger partial charge in [-0.05, 0) is 30.9 Å². The van der Waals surface area contributed by atoms with Gasteiger partial charge in [0.25, 0.3) is 0 Å². The number of carbonyl (C=O) groups excluding carboxylic acids is 1. The molecule has 3 aliphatic rings. The molecule has 1 N–H and O–H groups in total. The van der Waals surface area contributed by atoms with Crippen LogP contribution in [-0.4, -0.2) is 55.5 Å². The Kier molecular flexibility index (Phi) is 5.99. The summed E-state index contributed by atoms with van der Waals surface area (Å²) in [6.07, 6.45) is 2.86. The Hall–Kier alpha value is -2.34. The zero-order valence-corrected chi connectivity index (χ0v) is 20.8. The van der Waals surface area contributed by atoms with Crippen LogP contribution in [0.15, 0.2) is 46.0 Å². The van der Waals surface area contributed by atoms with Crippen LogP contribution in [0.3, 0.4) is 0 Å². The van der Waals surface area contributed by atoms with E-state index in [0.29, 0.717) is 40.8 Å². The Labute approximate surface area is 205 Å². The van der Waals surface area contributed by atoms with Gasteiger partial charge in [0.05, 0.1) is 18.4 Å². The number of aromatic nitrogens is 1.